The van der Waals surface area contributed by atoms with Crippen molar-refractivity contribution in [2.75, 3.05) is 26.7 Å². The van der Waals surface area contributed by atoms with E-state index in [9.17, 15) is 0 Å². The molecule has 1 N–H and O–H groups in total. The number of aryl methyl sites for hydroxylation is 1. The molecule has 0 aliphatic carbocycles. The predicted octanol–water partition coefficient (Wildman–Crippen LogP) is 4.14. The number of nitrogens with one attached hydrogen (secondary N) is 1. The van der Waals surface area contributed by atoms with E-state index in [1.165, 1.54) is 41.4 Å². The zero-order valence-corrected chi connectivity index (χ0v) is 14.5. The molecule has 1 heterocycles. The van der Waals surface area contributed by atoms with Gasteiger partial charge in [-0.25, -0.2) is 0 Å². The molecule has 2 atom stereocenters. The fourth-order valence-corrected chi connectivity index (χ4v) is 3.82. The maximum Gasteiger partial charge on any atom is 0.0388 e. The van der Waals surface area contributed by atoms with E-state index >= 15 is 0 Å². The highest BCUT2D eigenvalue weighted by molar-refractivity contribution is 9.10. The molecule has 0 aromatic heterocycles. The van der Waals surface area contributed by atoms with E-state index < -0.39 is 0 Å². The molecular weight excluding hydrogens is 312 g/mol. The second kappa shape index (κ2) is 7.58. The Bertz CT molecular complexity index is 433. The van der Waals surface area contributed by atoms with Gasteiger partial charge in [0.2, 0.25) is 0 Å². The Morgan fingerprint density at radius 3 is 2.80 bits per heavy atom. The van der Waals surface area contributed by atoms with Crippen molar-refractivity contribution in [1.29, 1.82) is 0 Å². The lowest BCUT2D eigenvalue weighted by atomic mass is 9.88. The Hall–Kier alpha value is -0.380. The van der Waals surface area contributed by atoms with Crippen LogP contribution in [0.1, 0.15) is 43.4 Å². The molecule has 3 heteroatoms. The molecule has 2 unspecified atom stereocenters. The maximum absolute atomic E-state index is 3.70. The van der Waals surface area contributed by atoms with Crippen LogP contribution in [-0.4, -0.2) is 31.6 Å². The first kappa shape index (κ1) is 16.0. The molecule has 1 aromatic rings. The molecular formula is C17H27BrN2. The van der Waals surface area contributed by atoms with Gasteiger partial charge in [0, 0.05) is 10.5 Å². The Labute approximate surface area is 132 Å². The van der Waals surface area contributed by atoms with E-state index in [0.29, 0.717) is 12.0 Å². The van der Waals surface area contributed by atoms with Crippen molar-refractivity contribution < 1.29 is 0 Å². The van der Waals surface area contributed by atoms with Crippen LogP contribution in [0.25, 0.3) is 0 Å². The highest BCUT2D eigenvalue weighted by Crippen LogP contribution is 2.36. The number of likely N-dealkylation sites (tertiary alicyclic amines) is 1. The summed E-state index contributed by atoms with van der Waals surface area (Å²) in [5.41, 5.74) is 2.78. The van der Waals surface area contributed by atoms with Crippen molar-refractivity contribution in [3.8, 4) is 0 Å². The third-order valence-corrected chi connectivity index (χ3v) is 5.37. The molecule has 112 valence electrons. The van der Waals surface area contributed by atoms with Gasteiger partial charge in [0.05, 0.1) is 0 Å². The summed E-state index contributed by atoms with van der Waals surface area (Å²) in [7, 11) is 2.07. The number of nitrogens with zero attached hydrogens (tertiary/aromatic N) is 1. The molecule has 0 radical (unpaired) electrons. The van der Waals surface area contributed by atoms with Crippen LogP contribution in [0.4, 0.5) is 0 Å². The van der Waals surface area contributed by atoms with Crippen LogP contribution in [-0.2, 0) is 0 Å². The monoisotopic (exact) mass is 338 g/mol. The van der Waals surface area contributed by atoms with Crippen molar-refractivity contribution in [3.05, 3.63) is 33.8 Å². The largest absolute Gasteiger partial charge is 0.319 e. The van der Waals surface area contributed by atoms with Crippen molar-refractivity contribution >= 4 is 15.9 Å². The maximum atomic E-state index is 3.70. The smallest absolute Gasteiger partial charge is 0.0388 e. The molecule has 1 aromatic carbocycles. The molecule has 1 saturated heterocycles. The first-order chi connectivity index (χ1) is 9.67. The van der Waals surface area contributed by atoms with Gasteiger partial charge >= 0.3 is 0 Å². The van der Waals surface area contributed by atoms with Gasteiger partial charge in [0.25, 0.3) is 0 Å². The highest BCUT2D eigenvalue weighted by Gasteiger charge is 2.29. The minimum atomic E-state index is 0.548. The third kappa shape index (κ3) is 3.63. The van der Waals surface area contributed by atoms with E-state index in [1.54, 1.807) is 0 Å². The van der Waals surface area contributed by atoms with Gasteiger partial charge in [-0.15, -0.1) is 0 Å². The first-order valence-electron chi connectivity index (χ1n) is 7.82. The lowest BCUT2D eigenvalue weighted by Gasteiger charge is -2.35. The molecule has 0 spiro atoms. The van der Waals surface area contributed by atoms with E-state index in [-0.39, 0.29) is 0 Å². The quantitative estimate of drug-likeness (QED) is 0.887. The standard InChI is InChI=1S/C17H27BrN2/c1-4-20-10-6-5-7-15(12-19-3)17(20)14-9-8-13(2)16(18)11-14/h8-9,11,15,17,19H,4-7,10,12H2,1-3H3. The molecule has 0 bridgehead atoms. The van der Waals surface area contributed by atoms with Crippen molar-refractivity contribution in [2.24, 2.45) is 5.92 Å². The van der Waals surface area contributed by atoms with Gasteiger partial charge in [0.1, 0.15) is 0 Å². The van der Waals surface area contributed by atoms with Gasteiger partial charge in [0.15, 0.2) is 0 Å². The summed E-state index contributed by atoms with van der Waals surface area (Å²) in [5, 5.41) is 3.40. The summed E-state index contributed by atoms with van der Waals surface area (Å²) < 4.78 is 1.23. The first-order valence-corrected chi connectivity index (χ1v) is 8.61. The van der Waals surface area contributed by atoms with E-state index in [4.69, 9.17) is 0 Å². The minimum Gasteiger partial charge on any atom is -0.319 e. The predicted molar refractivity (Wildman–Crippen MR) is 90.1 cm³/mol. The SMILES string of the molecule is CCN1CCCCC(CNC)C1c1ccc(C)c(Br)c1. The molecule has 2 rings (SSSR count). The fourth-order valence-electron chi connectivity index (χ4n) is 3.42. The third-order valence-electron chi connectivity index (χ3n) is 4.52. The van der Waals surface area contributed by atoms with Crippen molar-refractivity contribution in [1.82, 2.24) is 10.2 Å². The number of hydrogen-bond donors (Lipinski definition) is 1. The number of benzene rings is 1. The fraction of sp³-hybridized carbons (Fsp3) is 0.647. The molecule has 0 amide bonds. The Kier molecular flexibility index (Phi) is 6.06. The number of hydrogen-bond acceptors (Lipinski definition) is 2. The second-order valence-corrected chi connectivity index (χ2v) is 6.75. The number of rotatable bonds is 4. The van der Waals surface area contributed by atoms with Crippen LogP contribution in [0.15, 0.2) is 22.7 Å². The molecule has 1 aliphatic heterocycles. The Morgan fingerprint density at radius 1 is 1.35 bits per heavy atom. The molecule has 20 heavy (non-hydrogen) atoms. The van der Waals surface area contributed by atoms with Crippen molar-refractivity contribution in [2.45, 2.75) is 39.2 Å². The average molecular weight is 339 g/mol. The van der Waals surface area contributed by atoms with Gasteiger partial charge in [-0.2, -0.15) is 0 Å². The molecule has 1 aliphatic rings. The highest BCUT2D eigenvalue weighted by atomic mass is 79.9. The van der Waals surface area contributed by atoms with Gasteiger partial charge in [-0.1, -0.05) is 41.4 Å². The molecule has 2 nitrogen and oxygen atoms in total. The van der Waals surface area contributed by atoms with Crippen LogP contribution < -0.4 is 5.32 Å². The van der Waals surface area contributed by atoms with E-state index in [1.807, 2.05) is 0 Å². The average Bonchev–Trinajstić information content (AvgIpc) is 2.64. The van der Waals surface area contributed by atoms with Gasteiger partial charge < -0.3 is 5.32 Å². The van der Waals surface area contributed by atoms with Crippen LogP contribution >= 0.6 is 15.9 Å². The summed E-state index contributed by atoms with van der Waals surface area (Å²) in [6.07, 6.45) is 4.01. The zero-order valence-electron chi connectivity index (χ0n) is 13.0. The minimum absolute atomic E-state index is 0.548. The van der Waals surface area contributed by atoms with Crippen LogP contribution in [0.3, 0.4) is 0 Å². The van der Waals surface area contributed by atoms with Crippen LogP contribution in [0.5, 0.6) is 0 Å². The van der Waals surface area contributed by atoms with Crippen LogP contribution in [0, 0.1) is 12.8 Å². The second-order valence-electron chi connectivity index (χ2n) is 5.90. The van der Waals surface area contributed by atoms with E-state index in [0.717, 1.165) is 13.1 Å². The van der Waals surface area contributed by atoms with Crippen LogP contribution in [0.2, 0.25) is 0 Å². The Balaban J connectivity index is 2.34. The molecule has 1 fully saturated rings. The molecule has 0 saturated carbocycles. The topological polar surface area (TPSA) is 15.3 Å². The summed E-state index contributed by atoms with van der Waals surface area (Å²) in [4.78, 5) is 2.66. The summed E-state index contributed by atoms with van der Waals surface area (Å²) in [6.45, 7) is 7.91. The number of halogens is 1. The lowest BCUT2D eigenvalue weighted by molar-refractivity contribution is 0.162. The van der Waals surface area contributed by atoms with Gasteiger partial charge in [-0.05, 0) is 69.6 Å². The van der Waals surface area contributed by atoms with E-state index in [2.05, 4.69) is 65.2 Å². The summed E-state index contributed by atoms with van der Waals surface area (Å²) in [5.74, 6) is 0.706. The Morgan fingerprint density at radius 2 is 2.15 bits per heavy atom. The lowest BCUT2D eigenvalue weighted by Crippen LogP contribution is -2.36. The summed E-state index contributed by atoms with van der Waals surface area (Å²) >= 11 is 3.70. The van der Waals surface area contributed by atoms with Gasteiger partial charge in [-0.3, -0.25) is 4.90 Å². The van der Waals surface area contributed by atoms with Crippen molar-refractivity contribution in [3.63, 3.8) is 0 Å². The zero-order chi connectivity index (χ0) is 14.5. The summed E-state index contributed by atoms with van der Waals surface area (Å²) in [6, 6.07) is 7.44. The normalized spacial score (nSPS) is 24.6.